The Morgan fingerprint density at radius 3 is 2.62 bits per heavy atom. The lowest BCUT2D eigenvalue weighted by Gasteiger charge is -2.08. The van der Waals surface area contributed by atoms with Crippen molar-refractivity contribution < 1.29 is 26.7 Å². The van der Waals surface area contributed by atoms with Gasteiger partial charge in [-0.05, 0) is 55.0 Å². The van der Waals surface area contributed by atoms with E-state index in [2.05, 4.69) is 19.4 Å². The van der Waals surface area contributed by atoms with Gasteiger partial charge in [0.1, 0.15) is 17.4 Å². The van der Waals surface area contributed by atoms with Crippen molar-refractivity contribution in [2.24, 2.45) is 0 Å². The van der Waals surface area contributed by atoms with Gasteiger partial charge < -0.3 is 9.47 Å². The van der Waals surface area contributed by atoms with Crippen molar-refractivity contribution in [3.05, 3.63) is 72.4 Å². The zero-order valence-corrected chi connectivity index (χ0v) is 21.0. The summed E-state index contributed by atoms with van der Waals surface area (Å²) in [7, 11) is -3.60. The minimum atomic E-state index is -3.60. The van der Waals surface area contributed by atoms with Gasteiger partial charge in [-0.15, -0.1) is 11.3 Å². The predicted octanol–water partition coefficient (Wildman–Crippen LogP) is 5.17. The summed E-state index contributed by atoms with van der Waals surface area (Å²) in [4.78, 5) is 13.3. The summed E-state index contributed by atoms with van der Waals surface area (Å²) in [6, 6.07) is 17.2. The maximum absolute atomic E-state index is 12.6. The summed E-state index contributed by atoms with van der Waals surface area (Å²) in [5, 5.41) is 0.688. The van der Waals surface area contributed by atoms with Crippen LogP contribution >= 0.6 is 11.3 Å². The molecule has 0 unspecified atom stereocenters. The normalized spacial score (nSPS) is 11.9. The number of nitrogens with one attached hydrogen (secondary N) is 1. The number of aromatic nitrogens is 3. The van der Waals surface area contributed by atoms with Crippen molar-refractivity contribution in [3.8, 4) is 22.2 Å². The van der Waals surface area contributed by atoms with Crippen LogP contribution in [0.2, 0.25) is 0 Å². The number of benzene rings is 3. The lowest BCUT2D eigenvalue weighted by Crippen LogP contribution is -2.28. The largest absolute Gasteiger partial charge is 0.492 e. The minimum Gasteiger partial charge on any atom is -0.492 e. The van der Waals surface area contributed by atoms with Gasteiger partial charge in [0.05, 0.1) is 32.3 Å². The number of hydrogen-bond acceptors (Lipinski definition) is 8. The Kier molecular flexibility index (Phi) is 6.96. The number of aryl methyl sites for hydroxylation is 1. The second kappa shape index (κ2) is 10.3. The number of hydrogen-bond donors (Lipinski definition) is 1. The van der Waals surface area contributed by atoms with E-state index in [1.807, 2.05) is 25.1 Å². The lowest BCUT2D eigenvalue weighted by molar-refractivity contribution is -0.0528. The van der Waals surface area contributed by atoms with E-state index in [0.717, 1.165) is 21.3 Å². The molecule has 2 aromatic heterocycles. The van der Waals surface area contributed by atoms with Gasteiger partial charge in [-0.2, -0.15) is 8.78 Å². The van der Waals surface area contributed by atoms with Gasteiger partial charge in [0.15, 0.2) is 0 Å². The number of nitrogens with zero attached hydrogens (tertiary/aromatic N) is 3. The molecule has 190 valence electrons. The Bertz CT molecular complexity index is 1680. The van der Waals surface area contributed by atoms with Crippen LogP contribution in [-0.4, -0.2) is 43.1 Å². The van der Waals surface area contributed by atoms with E-state index in [0.29, 0.717) is 21.8 Å². The highest BCUT2D eigenvalue weighted by Crippen LogP contribution is 2.36. The number of fused-ring (bicyclic) bond motifs is 2. The van der Waals surface area contributed by atoms with Gasteiger partial charge in [-0.3, -0.25) is 0 Å². The van der Waals surface area contributed by atoms with Crippen molar-refractivity contribution in [2.75, 3.05) is 13.2 Å². The molecule has 8 nitrogen and oxygen atoms in total. The van der Waals surface area contributed by atoms with Gasteiger partial charge in [-0.1, -0.05) is 18.2 Å². The van der Waals surface area contributed by atoms with Crippen molar-refractivity contribution in [3.63, 3.8) is 0 Å². The molecule has 0 aliphatic rings. The van der Waals surface area contributed by atoms with E-state index < -0.39 is 16.6 Å². The number of sulfonamides is 1. The maximum atomic E-state index is 12.6. The van der Waals surface area contributed by atoms with Crippen LogP contribution in [0.25, 0.3) is 31.8 Å². The van der Waals surface area contributed by atoms with Crippen LogP contribution in [0.4, 0.5) is 8.78 Å². The Hall–Kier alpha value is -3.74. The SMILES string of the molecule is Cc1cc(-c2nc3ccc(OCCNS(=O)(=O)c4ccccc4)cc3s2)c2ncc(OC(F)F)nc2c1. The maximum Gasteiger partial charge on any atom is 0.388 e. The van der Waals surface area contributed by atoms with Gasteiger partial charge in [-0.25, -0.2) is 28.1 Å². The number of thiazole rings is 1. The highest BCUT2D eigenvalue weighted by Gasteiger charge is 2.16. The Morgan fingerprint density at radius 2 is 1.84 bits per heavy atom. The topological polar surface area (TPSA) is 103 Å². The monoisotopic (exact) mass is 542 g/mol. The Balaban J connectivity index is 1.33. The summed E-state index contributed by atoms with van der Waals surface area (Å²) in [5.41, 5.74) is 3.29. The molecule has 2 heterocycles. The summed E-state index contributed by atoms with van der Waals surface area (Å²) < 4.78 is 63.3. The molecule has 0 bridgehead atoms. The summed E-state index contributed by atoms with van der Waals surface area (Å²) >= 11 is 1.42. The molecular weight excluding hydrogens is 522 g/mol. The molecule has 12 heteroatoms. The Labute approximate surface area is 215 Å². The van der Waals surface area contributed by atoms with E-state index in [-0.39, 0.29) is 23.9 Å². The zero-order valence-electron chi connectivity index (χ0n) is 19.4. The molecule has 0 radical (unpaired) electrons. The first-order valence-corrected chi connectivity index (χ1v) is 13.4. The fourth-order valence-corrected chi connectivity index (χ4v) is 5.74. The third-order valence-corrected chi connectivity index (χ3v) is 7.81. The van der Waals surface area contributed by atoms with E-state index in [1.165, 1.54) is 29.7 Å². The van der Waals surface area contributed by atoms with Crippen molar-refractivity contribution >= 4 is 42.6 Å². The molecule has 5 rings (SSSR count). The summed E-state index contributed by atoms with van der Waals surface area (Å²) in [6.45, 7) is -0.865. The van der Waals surface area contributed by atoms with Crippen molar-refractivity contribution in [2.45, 2.75) is 18.4 Å². The molecule has 0 spiro atoms. The van der Waals surface area contributed by atoms with E-state index in [1.54, 1.807) is 30.3 Å². The fraction of sp³-hybridized carbons (Fsp3) is 0.160. The molecule has 0 aliphatic carbocycles. The molecule has 0 saturated carbocycles. The molecule has 0 aliphatic heterocycles. The third kappa shape index (κ3) is 5.66. The first-order chi connectivity index (χ1) is 17.8. The van der Waals surface area contributed by atoms with Crippen LogP contribution in [0.1, 0.15) is 5.56 Å². The number of alkyl halides is 2. The van der Waals surface area contributed by atoms with E-state index >= 15 is 0 Å². The minimum absolute atomic E-state index is 0.106. The van der Waals surface area contributed by atoms with Gasteiger partial charge in [0.25, 0.3) is 0 Å². The van der Waals surface area contributed by atoms with Crippen LogP contribution in [0.5, 0.6) is 11.6 Å². The second-order valence-corrected chi connectivity index (χ2v) is 10.8. The molecule has 5 aromatic rings. The number of rotatable bonds is 9. The zero-order chi connectivity index (χ0) is 26.0. The number of ether oxygens (including phenoxy) is 2. The molecule has 3 aromatic carbocycles. The molecule has 37 heavy (non-hydrogen) atoms. The highest BCUT2D eigenvalue weighted by atomic mass is 32.2. The first kappa shape index (κ1) is 24.9. The summed E-state index contributed by atoms with van der Waals surface area (Å²) in [5.74, 6) is 0.320. The smallest absolute Gasteiger partial charge is 0.388 e. The fourth-order valence-electron chi connectivity index (χ4n) is 3.70. The van der Waals surface area contributed by atoms with Crippen LogP contribution in [0.15, 0.2) is 71.8 Å². The quantitative estimate of drug-likeness (QED) is 0.256. The average Bonchev–Trinajstić information content (AvgIpc) is 3.29. The van der Waals surface area contributed by atoms with Crippen molar-refractivity contribution in [1.82, 2.24) is 19.7 Å². The lowest BCUT2D eigenvalue weighted by atomic mass is 10.1. The third-order valence-electron chi connectivity index (χ3n) is 5.29. The number of halogens is 2. The standard InChI is InChI=1S/C25H20F2N4O4S2/c1-15-11-18(23-20(12-15)30-22(14-28-23)35-25(26)27)24-31-19-8-7-16(13-21(19)36-24)34-10-9-29-37(32,33)17-5-3-2-4-6-17/h2-8,11-14,25,29H,9-10H2,1H3. The molecule has 0 saturated heterocycles. The average molecular weight is 543 g/mol. The highest BCUT2D eigenvalue weighted by molar-refractivity contribution is 7.89. The molecule has 0 atom stereocenters. The first-order valence-electron chi connectivity index (χ1n) is 11.1. The summed E-state index contributed by atoms with van der Waals surface area (Å²) in [6.07, 6.45) is 1.17. The predicted molar refractivity (Wildman–Crippen MR) is 137 cm³/mol. The van der Waals surface area contributed by atoms with Crippen LogP contribution < -0.4 is 14.2 Å². The van der Waals surface area contributed by atoms with Gasteiger partial charge >= 0.3 is 6.61 Å². The molecule has 0 amide bonds. The van der Waals surface area contributed by atoms with Crippen LogP contribution in [0.3, 0.4) is 0 Å². The molecular formula is C25H20F2N4O4S2. The van der Waals surface area contributed by atoms with Gasteiger partial charge in [0.2, 0.25) is 15.9 Å². The van der Waals surface area contributed by atoms with Crippen LogP contribution in [-0.2, 0) is 10.0 Å². The van der Waals surface area contributed by atoms with Crippen molar-refractivity contribution in [1.29, 1.82) is 0 Å². The Morgan fingerprint density at radius 1 is 1.03 bits per heavy atom. The molecule has 0 fully saturated rings. The van der Waals surface area contributed by atoms with E-state index in [4.69, 9.17) is 9.72 Å². The second-order valence-electron chi connectivity index (χ2n) is 7.97. The van der Waals surface area contributed by atoms with Gasteiger partial charge in [0, 0.05) is 12.1 Å². The van der Waals surface area contributed by atoms with E-state index in [9.17, 15) is 17.2 Å². The molecule has 1 N–H and O–H groups in total. The van der Waals surface area contributed by atoms with Crippen LogP contribution in [0, 0.1) is 6.92 Å².